The zero-order valence-corrected chi connectivity index (χ0v) is 6.02. The predicted octanol–water partition coefficient (Wildman–Crippen LogP) is 1.80. The van der Waals surface area contributed by atoms with Gasteiger partial charge in [-0.3, -0.25) is 0 Å². The van der Waals surface area contributed by atoms with Gasteiger partial charge in [0, 0.05) is 0 Å². The first kappa shape index (κ1) is 7.96. The average molecular weight is 116 g/mol. The molecule has 0 saturated heterocycles. The fourth-order valence-electron chi connectivity index (χ4n) is 0.697. The van der Waals surface area contributed by atoms with Gasteiger partial charge < -0.3 is 5.11 Å². The molecule has 0 fully saturated rings. The number of rotatable bonds is 3. The second-order valence-electron chi connectivity index (χ2n) is 2.51. The molecule has 50 valence electrons. The first-order valence-corrected chi connectivity index (χ1v) is 3.36. The van der Waals surface area contributed by atoms with Crippen LogP contribution in [0.4, 0.5) is 0 Å². The fraction of sp³-hybridized carbons (Fsp3) is 1.00. The Morgan fingerprint density at radius 1 is 1.38 bits per heavy atom. The summed E-state index contributed by atoms with van der Waals surface area (Å²) >= 11 is 0. The normalized spacial score (nSPS) is 18.0. The van der Waals surface area contributed by atoms with Crippen molar-refractivity contribution in [1.82, 2.24) is 0 Å². The van der Waals surface area contributed by atoms with Crippen LogP contribution in [0.25, 0.3) is 0 Å². The van der Waals surface area contributed by atoms with Crippen LogP contribution in [0.3, 0.4) is 0 Å². The smallest absolute Gasteiger partial charge is 0.0537 e. The minimum absolute atomic E-state index is 0.130. The van der Waals surface area contributed by atoms with Crippen molar-refractivity contribution in [3.05, 3.63) is 0 Å². The molecular weight excluding hydrogens is 100 g/mol. The molecule has 2 atom stereocenters. The Kier molecular flexibility index (Phi) is 3.88. The molecule has 0 heterocycles. The van der Waals surface area contributed by atoms with E-state index in [4.69, 9.17) is 5.11 Å². The molecule has 0 unspecified atom stereocenters. The maximum absolute atomic E-state index is 8.95. The largest absolute Gasteiger partial charge is 0.393 e. The summed E-state index contributed by atoms with van der Waals surface area (Å²) in [6.45, 7) is 6.06. The van der Waals surface area contributed by atoms with Gasteiger partial charge in [0.15, 0.2) is 0 Å². The summed E-state index contributed by atoms with van der Waals surface area (Å²) in [6, 6.07) is 0. The van der Waals surface area contributed by atoms with E-state index < -0.39 is 0 Å². The summed E-state index contributed by atoms with van der Waals surface area (Å²) in [5.41, 5.74) is 0. The molecule has 0 aliphatic rings. The van der Waals surface area contributed by atoms with Crippen molar-refractivity contribution in [3.8, 4) is 0 Å². The zero-order chi connectivity index (χ0) is 6.57. The summed E-state index contributed by atoms with van der Waals surface area (Å²) in [4.78, 5) is 0. The Morgan fingerprint density at radius 2 is 1.88 bits per heavy atom. The van der Waals surface area contributed by atoms with Gasteiger partial charge in [0.2, 0.25) is 0 Å². The molecule has 1 N–H and O–H groups in total. The topological polar surface area (TPSA) is 20.2 Å². The lowest BCUT2D eigenvalue weighted by atomic mass is 10.0. The molecule has 0 spiro atoms. The molecule has 8 heavy (non-hydrogen) atoms. The number of aliphatic hydroxyl groups is 1. The molecule has 1 nitrogen and oxygen atoms in total. The molecule has 0 radical (unpaired) electrons. The lowest BCUT2D eigenvalue weighted by Crippen LogP contribution is -2.11. The van der Waals surface area contributed by atoms with Crippen LogP contribution >= 0.6 is 0 Å². The highest BCUT2D eigenvalue weighted by Crippen LogP contribution is 2.08. The van der Waals surface area contributed by atoms with E-state index in [-0.39, 0.29) is 6.10 Å². The summed E-state index contributed by atoms with van der Waals surface area (Å²) in [7, 11) is 0. The highest BCUT2D eigenvalue weighted by molar-refractivity contribution is 4.56. The van der Waals surface area contributed by atoms with Crippen molar-refractivity contribution in [2.45, 2.75) is 39.7 Å². The standard InChI is InChI=1S/C7H16O/c1-4-5-6(2)7(3)8/h6-8H,4-5H2,1-3H3/t6-,7+/m0/s1. The predicted molar refractivity (Wildman–Crippen MR) is 35.8 cm³/mol. The lowest BCUT2D eigenvalue weighted by Gasteiger charge is -2.11. The van der Waals surface area contributed by atoms with Crippen LogP contribution in [0.15, 0.2) is 0 Å². The van der Waals surface area contributed by atoms with Crippen molar-refractivity contribution in [2.24, 2.45) is 5.92 Å². The van der Waals surface area contributed by atoms with Crippen molar-refractivity contribution >= 4 is 0 Å². The van der Waals surface area contributed by atoms with E-state index in [1.165, 1.54) is 6.42 Å². The molecule has 0 aliphatic carbocycles. The van der Waals surface area contributed by atoms with Crippen LogP contribution in [-0.2, 0) is 0 Å². The maximum atomic E-state index is 8.95. The second kappa shape index (κ2) is 3.90. The van der Waals surface area contributed by atoms with E-state index in [1.807, 2.05) is 6.92 Å². The Balaban J connectivity index is 3.17. The van der Waals surface area contributed by atoms with Crippen molar-refractivity contribution in [1.29, 1.82) is 0 Å². The summed E-state index contributed by atoms with van der Waals surface area (Å²) in [5, 5.41) is 8.95. The van der Waals surface area contributed by atoms with Gasteiger partial charge in [-0.15, -0.1) is 0 Å². The Morgan fingerprint density at radius 3 is 2.00 bits per heavy atom. The number of hydrogen-bond acceptors (Lipinski definition) is 1. The van der Waals surface area contributed by atoms with E-state index in [9.17, 15) is 0 Å². The van der Waals surface area contributed by atoms with Gasteiger partial charge in [-0.25, -0.2) is 0 Å². The van der Waals surface area contributed by atoms with Gasteiger partial charge in [-0.05, 0) is 19.3 Å². The third-order valence-corrected chi connectivity index (χ3v) is 1.57. The Hall–Kier alpha value is -0.0400. The van der Waals surface area contributed by atoms with Crippen LogP contribution in [0, 0.1) is 5.92 Å². The van der Waals surface area contributed by atoms with E-state index in [1.54, 1.807) is 0 Å². The lowest BCUT2D eigenvalue weighted by molar-refractivity contribution is 0.129. The Bertz CT molecular complexity index is 50.3. The molecule has 0 rings (SSSR count). The first-order chi connectivity index (χ1) is 3.68. The summed E-state index contributed by atoms with van der Waals surface area (Å²) in [5.74, 6) is 0.472. The Labute approximate surface area is 51.7 Å². The van der Waals surface area contributed by atoms with Gasteiger partial charge >= 0.3 is 0 Å². The highest BCUT2D eigenvalue weighted by atomic mass is 16.3. The third-order valence-electron chi connectivity index (χ3n) is 1.57. The molecule has 0 aliphatic heterocycles. The van der Waals surface area contributed by atoms with Crippen molar-refractivity contribution in [3.63, 3.8) is 0 Å². The zero-order valence-electron chi connectivity index (χ0n) is 6.02. The van der Waals surface area contributed by atoms with Crippen LogP contribution in [0.1, 0.15) is 33.6 Å². The maximum Gasteiger partial charge on any atom is 0.0537 e. The van der Waals surface area contributed by atoms with Crippen LogP contribution in [0.5, 0.6) is 0 Å². The monoisotopic (exact) mass is 116 g/mol. The molecule has 0 aromatic carbocycles. The molecule has 0 aromatic heterocycles. The van der Waals surface area contributed by atoms with E-state index >= 15 is 0 Å². The average Bonchev–Trinajstić information content (AvgIpc) is 1.67. The van der Waals surface area contributed by atoms with Crippen molar-refractivity contribution < 1.29 is 5.11 Å². The second-order valence-corrected chi connectivity index (χ2v) is 2.51. The summed E-state index contributed by atoms with van der Waals surface area (Å²) < 4.78 is 0. The molecule has 0 amide bonds. The van der Waals surface area contributed by atoms with Crippen molar-refractivity contribution in [2.75, 3.05) is 0 Å². The summed E-state index contributed by atoms with van der Waals surface area (Å²) in [6.07, 6.45) is 2.18. The highest BCUT2D eigenvalue weighted by Gasteiger charge is 2.05. The third kappa shape index (κ3) is 3.03. The van der Waals surface area contributed by atoms with Gasteiger partial charge in [-0.1, -0.05) is 20.3 Å². The number of aliphatic hydroxyl groups excluding tert-OH is 1. The van der Waals surface area contributed by atoms with Crippen LogP contribution in [-0.4, -0.2) is 11.2 Å². The first-order valence-electron chi connectivity index (χ1n) is 3.36. The van der Waals surface area contributed by atoms with E-state index in [0.717, 1.165) is 6.42 Å². The van der Waals surface area contributed by atoms with E-state index in [0.29, 0.717) is 5.92 Å². The van der Waals surface area contributed by atoms with Crippen LogP contribution < -0.4 is 0 Å². The molecule has 0 saturated carbocycles. The van der Waals surface area contributed by atoms with E-state index in [2.05, 4.69) is 13.8 Å². The quantitative estimate of drug-likeness (QED) is 0.596. The van der Waals surface area contributed by atoms with Crippen LogP contribution in [0.2, 0.25) is 0 Å². The SMILES string of the molecule is CCC[C@H](C)[C@@H](C)O. The fourth-order valence-corrected chi connectivity index (χ4v) is 0.697. The number of hydrogen-bond donors (Lipinski definition) is 1. The molecule has 1 heteroatoms. The molecule has 0 bridgehead atoms. The minimum Gasteiger partial charge on any atom is -0.393 e. The molecule has 0 aromatic rings. The van der Waals surface area contributed by atoms with Gasteiger partial charge in [0.25, 0.3) is 0 Å². The van der Waals surface area contributed by atoms with Gasteiger partial charge in [-0.2, -0.15) is 0 Å². The minimum atomic E-state index is -0.130. The molecular formula is C7H16O. The van der Waals surface area contributed by atoms with Gasteiger partial charge in [0.05, 0.1) is 6.10 Å². The van der Waals surface area contributed by atoms with Gasteiger partial charge in [0.1, 0.15) is 0 Å².